The number of nitrogens with one attached hydrogen (secondary N) is 2. The van der Waals surface area contributed by atoms with Gasteiger partial charge in [-0.3, -0.25) is 10.8 Å². The van der Waals surface area contributed by atoms with Gasteiger partial charge in [-0.1, -0.05) is 44.2 Å². The van der Waals surface area contributed by atoms with Crippen molar-refractivity contribution in [1.82, 2.24) is 9.78 Å². The molecule has 0 aliphatic carbocycles. The van der Waals surface area contributed by atoms with Crippen LogP contribution in [0.1, 0.15) is 42.3 Å². The van der Waals surface area contributed by atoms with Crippen LogP contribution in [0, 0.1) is 10.8 Å². The number of carboxylic acid groups (broad SMARTS) is 1. The minimum Gasteiger partial charge on any atom is -0.478 e. The fraction of sp³-hybridized carbons (Fsp3) is 0.273. The van der Waals surface area contributed by atoms with E-state index in [1.54, 1.807) is 19.1 Å². The summed E-state index contributed by atoms with van der Waals surface area (Å²) in [6.45, 7) is 6.89. The van der Waals surface area contributed by atoms with Crippen molar-refractivity contribution in [3.8, 4) is 0 Å². The lowest BCUT2D eigenvalue weighted by Gasteiger charge is -2.31. The van der Waals surface area contributed by atoms with E-state index in [-0.39, 0.29) is 16.9 Å². The molecule has 3 aromatic rings. The lowest BCUT2D eigenvalue weighted by atomic mass is 9.97. The van der Waals surface area contributed by atoms with E-state index in [1.165, 1.54) is 4.68 Å². The molecular weight excluding hydrogens is 366 g/mol. The largest absolute Gasteiger partial charge is 0.478 e. The molecule has 7 nitrogen and oxygen atoms in total. The summed E-state index contributed by atoms with van der Waals surface area (Å²) in [6, 6.07) is 12.8. The summed E-state index contributed by atoms with van der Waals surface area (Å²) in [5.74, 6) is -0.0496. The summed E-state index contributed by atoms with van der Waals surface area (Å²) in [4.78, 5) is 13.4. The zero-order valence-electron chi connectivity index (χ0n) is 16.9. The zero-order chi connectivity index (χ0) is 21.1. The van der Waals surface area contributed by atoms with Gasteiger partial charge in [0.1, 0.15) is 5.84 Å². The van der Waals surface area contributed by atoms with Crippen LogP contribution in [0.3, 0.4) is 0 Å². The van der Waals surface area contributed by atoms with Gasteiger partial charge in [0.05, 0.1) is 5.56 Å². The first-order chi connectivity index (χ1) is 14.0. The minimum absolute atomic E-state index is 0.178. The Morgan fingerprint density at radius 3 is 2.45 bits per heavy atom. The van der Waals surface area contributed by atoms with Crippen LogP contribution in [-0.4, -0.2) is 33.2 Å². The fourth-order valence-corrected chi connectivity index (χ4v) is 3.54. The van der Waals surface area contributed by atoms with Gasteiger partial charge < -0.3 is 10.0 Å². The van der Waals surface area contributed by atoms with Crippen LogP contribution in [0.4, 0.5) is 5.82 Å². The monoisotopic (exact) mass is 391 g/mol. The summed E-state index contributed by atoms with van der Waals surface area (Å²) < 4.78 is 1.33. The van der Waals surface area contributed by atoms with E-state index in [2.05, 4.69) is 10.00 Å². The molecule has 3 N–H and O–H groups in total. The third-order valence-corrected chi connectivity index (χ3v) is 4.91. The first-order valence-corrected chi connectivity index (χ1v) is 9.68. The van der Waals surface area contributed by atoms with Crippen molar-refractivity contribution < 1.29 is 9.90 Å². The van der Waals surface area contributed by atoms with Crippen LogP contribution < -0.4 is 10.4 Å². The van der Waals surface area contributed by atoms with Gasteiger partial charge >= 0.3 is 5.97 Å². The van der Waals surface area contributed by atoms with E-state index >= 15 is 0 Å². The number of carbonyl (C=O) groups is 1. The normalized spacial score (nSPS) is 12.7. The highest BCUT2D eigenvalue weighted by Gasteiger charge is 2.22. The Morgan fingerprint density at radius 2 is 1.79 bits per heavy atom. The quantitative estimate of drug-likeness (QED) is 0.458. The van der Waals surface area contributed by atoms with Gasteiger partial charge in [-0.2, -0.15) is 4.68 Å². The summed E-state index contributed by atoms with van der Waals surface area (Å²) in [7, 11) is 0. The second kappa shape index (κ2) is 8.26. The smallest absolute Gasteiger partial charge is 0.335 e. The molecule has 0 radical (unpaired) electrons. The van der Waals surface area contributed by atoms with Gasteiger partial charge in [0.25, 0.3) is 0 Å². The molecule has 2 heterocycles. The highest BCUT2D eigenvalue weighted by molar-refractivity contribution is 5.93. The molecule has 1 aliphatic rings. The SMILES string of the molecule is CC.CC(=N)n1nc(N2CCc3ccc(C(=O)O)cc3C2)c2ccccc2c1=N. The van der Waals surface area contributed by atoms with Gasteiger partial charge in [-0.15, -0.1) is 5.10 Å². The summed E-state index contributed by atoms with van der Waals surface area (Å²) in [5, 5.41) is 31.7. The molecule has 0 amide bonds. The van der Waals surface area contributed by atoms with Gasteiger partial charge in [-0.05, 0) is 36.6 Å². The molecule has 0 fully saturated rings. The Balaban J connectivity index is 0.00000117. The number of hydrogen-bond acceptors (Lipinski definition) is 5. The highest BCUT2D eigenvalue weighted by atomic mass is 16.4. The van der Waals surface area contributed by atoms with Gasteiger partial charge in [-0.25, -0.2) is 4.79 Å². The molecule has 0 unspecified atom stereocenters. The van der Waals surface area contributed by atoms with E-state index in [4.69, 9.17) is 10.8 Å². The number of aromatic carboxylic acids is 1. The maximum atomic E-state index is 11.3. The van der Waals surface area contributed by atoms with Crippen LogP contribution >= 0.6 is 0 Å². The first kappa shape index (κ1) is 20.3. The number of hydrogen-bond donors (Lipinski definition) is 3. The number of carboxylic acids is 1. The average Bonchev–Trinajstić information content (AvgIpc) is 2.74. The van der Waals surface area contributed by atoms with E-state index in [9.17, 15) is 9.90 Å². The number of fused-ring (bicyclic) bond motifs is 2. The Labute approximate surface area is 169 Å². The first-order valence-electron chi connectivity index (χ1n) is 9.68. The molecule has 150 valence electrons. The number of rotatable bonds is 2. The predicted molar refractivity (Wildman–Crippen MR) is 114 cm³/mol. The highest BCUT2D eigenvalue weighted by Crippen LogP contribution is 2.28. The van der Waals surface area contributed by atoms with Crippen molar-refractivity contribution in [3.63, 3.8) is 0 Å². The average molecular weight is 391 g/mol. The number of nitrogens with zero attached hydrogens (tertiary/aromatic N) is 3. The van der Waals surface area contributed by atoms with Crippen LogP contribution in [0.15, 0.2) is 42.5 Å². The van der Waals surface area contributed by atoms with Crippen molar-refractivity contribution in [2.24, 2.45) is 0 Å². The molecule has 0 saturated heterocycles. The summed E-state index contributed by atoms with van der Waals surface area (Å²) >= 11 is 0. The number of benzene rings is 2. The summed E-state index contributed by atoms with van der Waals surface area (Å²) in [6.07, 6.45) is 0.789. The van der Waals surface area contributed by atoms with E-state index in [1.807, 2.05) is 44.2 Å². The van der Waals surface area contributed by atoms with Crippen molar-refractivity contribution in [2.75, 3.05) is 11.4 Å². The minimum atomic E-state index is -0.936. The van der Waals surface area contributed by atoms with Crippen LogP contribution in [-0.2, 0) is 13.0 Å². The predicted octanol–water partition coefficient (Wildman–Crippen LogP) is 3.65. The molecule has 7 heteroatoms. The molecule has 4 rings (SSSR count). The van der Waals surface area contributed by atoms with Crippen LogP contribution in [0.5, 0.6) is 0 Å². The Bertz CT molecular complexity index is 1150. The second-order valence-electron chi connectivity index (χ2n) is 6.68. The van der Waals surface area contributed by atoms with Crippen LogP contribution in [0.25, 0.3) is 10.8 Å². The third kappa shape index (κ3) is 3.76. The second-order valence-corrected chi connectivity index (χ2v) is 6.68. The molecule has 0 spiro atoms. The maximum Gasteiger partial charge on any atom is 0.335 e. The van der Waals surface area contributed by atoms with Crippen LogP contribution in [0.2, 0.25) is 0 Å². The Kier molecular flexibility index (Phi) is 5.77. The van der Waals surface area contributed by atoms with E-state index in [0.717, 1.165) is 34.9 Å². The summed E-state index contributed by atoms with van der Waals surface area (Å²) in [5.41, 5.74) is 2.58. The number of anilines is 1. The molecule has 0 bridgehead atoms. The molecule has 2 aromatic carbocycles. The van der Waals surface area contributed by atoms with Crippen molar-refractivity contribution in [2.45, 2.75) is 33.7 Å². The molecule has 29 heavy (non-hydrogen) atoms. The van der Waals surface area contributed by atoms with Gasteiger partial charge in [0.2, 0.25) is 0 Å². The van der Waals surface area contributed by atoms with Crippen molar-refractivity contribution in [3.05, 3.63) is 64.6 Å². The Hall–Kier alpha value is -3.48. The third-order valence-electron chi connectivity index (χ3n) is 4.91. The Morgan fingerprint density at radius 1 is 1.10 bits per heavy atom. The molecule has 1 aliphatic heterocycles. The van der Waals surface area contributed by atoms with Crippen molar-refractivity contribution >= 4 is 28.4 Å². The maximum absolute atomic E-state index is 11.3. The lowest BCUT2D eigenvalue weighted by Crippen LogP contribution is -2.35. The standard InChI is InChI=1S/C20H19N5O2.C2H6/c1-12(21)25-18(22)16-4-2-3-5-17(16)19(23-25)24-9-8-13-6-7-14(20(26)27)10-15(13)11-24;1-2/h2-7,10,21-22H,8-9,11H2,1H3,(H,26,27);1-2H3. The molecule has 0 saturated carbocycles. The van der Waals surface area contributed by atoms with Crippen molar-refractivity contribution in [1.29, 1.82) is 10.8 Å². The molecule has 1 aromatic heterocycles. The van der Waals surface area contributed by atoms with Gasteiger partial charge in [0, 0.05) is 23.9 Å². The lowest BCUT2D eigenvalue weighted by molar-refractivity contribution is 0.0696. The van der Waals surface area contributed by atoms with Gasteiger partial charge in [0.15, 0.2) is 11.3 Å². The number of aromatic nitrogens is 2. The van der Waals surface area contributed by atoms with E-state index < -0.39 is 5.97 Å². The topological polar surface area (TPSA) is 106 Å². The molecular formula is C22H25N5O2. The fourth-order valence-electron chi connectivity index (χ4n) is 3.54. The zero-order valence-corrected chi connectivity index (χ0v) is 16.9. The van der Waals surface area contributed by atoms with E-state index in [0.29, 0.717) is 12.4 Å². The molecule has 0 atom stereocenters.